The Morgan fingerprint density at radius 3 is 2.61 bits per heavy atom. The van der Waals surface area contributed by atoms with Crippen LogP contribution in [0.15, 0.2) is 42.5 Å². The summed E-state index contributed by atoms with van der Waals surface area (Å²) >= 11 is 0. The first-order valence-corrected chi connectivity index (χ1v) is 10.4. The minimum Gasteiger partial charge on any atom is -0.491 e. The molecule has 2 aliphatic rings. The Labute approximate surface area is 180 Å². The second kappa shape index (κ2) is 8.82. The predicted molar refractivity (Wildman–Crippen MR) is 109 cm³/mol. The number of hydrogen-bond acceptors (Lipinski definition) is 7. The highest BCUT2D eigenvalue weighted by atomic mass is 19.1. The molecule has 0 spiro atoms. The lowest BCUT2D eigenvalue weighted by molar-refractivity contribution is -0.0665. The Morgan fingerprint density at radius 2 is 1.94 bits per heavy atom. The fraction of sp³-hybridized carbons (Fsp3) is 0.435. The fourth-order valence-electron chi connectivity index (χ4n) is 4.24. The third-order valence-corrected chi connectivity index (χ3v) is 6.02. The van der Waals surface area contributed by atoms with Crippen molar-refractivity contribution in [3.8, 4) is 11.5 Å². The molecule has 1 fully saturated rings. The van der Waals surface area contributed by atoms with E-state index in [9.17, 15) is 19.4 Å². The van der Waals surface area contributed by atoms with Crippen LogP contribution in [0.25, 0.3) is 0 Å². The van der Waals surface area contributed by atoms with Crippen molar-refractivity contribution in [1.29, 1.82) is 0 Å². The first-order valence-electron chi connectivity index (χ1n) is 10.4. The van der Waals surface area contributed by atoms with E-state index in [0.29, 0.717) is 42.8 Å². The number of aliphatic hydroxyl groups excluding tert-OH is 1. The molecule has 2 heterocycles. The van der Waals surface area contributed by atoms with Gasteiger partial charge in [0, 0.05) is 24.7 Å². The van der Waals surface area contributed by atoms with Crippen LogP contribution in [0.1, 0.15) is 37.0 Å². The lowest BCUT2D eigenvalue weighted by Crippen LogP contribution is -2.52. The standard InChI is InChI=1S/C23H26FNO6/c1-2-29-22(27)31-17-7-8-18-20(13-17)30-14-19(21(18)26)25-11-9-23(28,10-12-25)15-3-5-16(24)6-4-15/h3-8,13,19,21,26,28H,2,9-12,14H2,1H3/t19-,21+/m1/s1. The van der Waals surface area contributed by atoms with Gasteiger partial charge >= 0.3 is 6.16 Å². The van der Waals surface area contributed by atoms with Crippen molar-refractivity contribution < 1.29 is 33.6 Å². The number of rotatable bonds is 4. The molecule has 0 radical (unpaired) electrons. The Morgan fingerprint density at radius 1 is 1.23 bits per heavy atom. The number of halogens is 1. The van der Waals surface area contributed by atoms with E-state index in [-0.39, 0.29) is 30.8 Å². The number of hydrogen-bond donors (Lipinski definition) is 2. The topological polar surface area (TPSA) is 88.5 Å². The van der Waals surface area contributed by atoms with Crippen LogP contribution in [0.4, 0.5) is 9.18 Å². The van der Waals surface area contributed by atoms with E-state index in [2.05, 4.69) is 4.90 Å². The molecule has 2 aromatic rings. The van der Waals surface area contributed by atoms with E-state index in [4.69, 9.17) is 14.2 Å². The molecule has 1 saturated heterocycles. The highest BCUT2D eigenvalue weighted by Gasteiger charge is 2.40. The zero-order valence-electron chi connectivity index (χ0n) is 17.3. The van der Waals surface area contributed by atoms with Crippen molar-refractivity contribution in [1.82, 2.24) is 4.90 Å². The number of ether oxygens (including phenoxy) is 3. The van der Waals surface area contributed by atoms with Gasteiger partial charge in [-0.2, -0.15) is 0 Å². The first-order chi connectivity index (χ1) is 14.9. The molecule has 0 aliphatic carbocycles. The number of piperidine rings is 1. The Bertz CT molecular complexity index is 926. The van der Waals surface area contributed by atoms with Crippen LogP contribution in [0, 0.1) is 5.82 Å². The van der Waals surface area contributed by atoms with Crippen molar-refractivity contribution in [3.05, 3.63) is 59.4 Å². The number of aliphatic hydroxyl groups is 2. The van der Waals surface area contributed by atoms with Crippen molar-refractivity contribution in [2.75, 3.05) is 26.3 Å². The molecule has 166 valence electrons. The number of benzene rings is 2. The quantitative estimate of drug-likeness (QED) is 0.568. The highest BCUT2D eigenvalue weighted by molar-refractivity contribution is 5.64. The normalized spacial score (nSPS) is 22.8. The molecule has 0 bridgehead atoms. The van der Waals surface area contributed by atoms with E-state index in [1.54, 1.807) is 37.3 Å². The molecule has 2 aromatic carbocycles. The third kappa shape index (κ3) is 4.51. The number of carbonyl (C=O) groups is 1. The van der Waals surface area contributed by atoms with E-state index in [1.165, 1.54) is 12.1 Å². The molecule has 2 aliphatic heterocycles. The van der Waals surface area contributed by atoms with Crippen molar-refractivity contribution in [3.63, 3.8) is 0 Å². The Kier molecular flexibility index (Phi) is 6.13. The Balaban J connectivity index is 1.41. The summed E-state index contributed by atoms with van der Waals surface area (Å²) in [6.07, 6.45) is -0.627. The summed E-state index contributed by atoms with van der Waals surface area (Å²) in [7, 11) is 0. The third-order valence-electron chi connectivity index (χ3n) is 6.02. The molecular weight excluding hydrogens is 405 g/mol. The molecule has 0 unspecified atom stereocenters. The number of carbonyl (C=O) groups excluding carboxylic acids is 1. The van der Waals surface area contributed by atoms with Crippen LogP contribution >= 0.6 is 0 Å². The molecule has 4 rings (SSSR count). The van der Waals surface area contributed by atoms with Crippen LogP contribution in [0.2, 0.25) is 0 Å². The van der Waals surface area contributed by atoms with Gasteiger partial charge in [0.25, 0.3) is 0 Å². The van der Waals surface area contributed by atoms with Crippen LogP contribution in [0.3, 0.4) is 0 Å². The smallest absolute Gasteiger partial charge is 0.491 e. The van der Waals surface area contributed by atoms with E-state index < -0.39 is 17.9 Å². The van der Waals surface area contributed by atoms with Crippen molar-refractivity contribution >= 4 is 6.16 Å². The lowest BCUT2D eigenvalue weighted by Gasteiger charge is -2.44. The summed E-state index contributed by atoms with van der Waals surface area (Å²) in [6, 6.07) is 10.5. The monoisotopic (exact) mass is 431 g/mol. The minimum absolute atomic E-state index is 0.215. The number of nitrogens with zero attached hydrogens (tertiary/aromatic N) is 1. The molecule has 31 heavy (non-hydrogen) atoms. The largest absolute Gasteiger partial charge is 0.513 e. The maximum absolute atomic E-state index is 13.2. The van der Waals surface area contributed by atoms with Crippen molar-refractivity contribution in [2.45, 2.75) is 37.5 Å². The van der Waals surface area contributed by atoms with Gasteiger partial charge in [0.1, 0.15) is 30.0 Å². The number of fused-ring (bicyclic) bond motifs is 1. The summed E-state index contributed by atoms with van der Waals surface area (Å²) < 4.78 is 28.9. The van der Waals surface area contributed by atoms with Crippen LogP contribution in [0.5, 0.6) is 11.5 Å². The van der Waals surface area contributed by atoms with Gasteiger partial charge in [-0.1, -0.05) is 12.1 Å². The molecule has 2 N–H and O–H groups in total. The predicted octanol–water partition coefficient (Wildman–Crippen LogP) is 3.14. The van der Waals surface area contributed by atoms with Crippen LogP contribution in [-0.4, -0.2) is 53.6 Å². The van der Waals surface area contributed by atoms with Gasteiger partial charge in [-0.05, 0) is 49.6 Å². The maximum atomic E-state index is 13.2. The second-order valence-corrected chi connectivity index (χ2v) is 7.88. The SMILES string of the molecule is CCOC(=O)Oc1ccc2c(c1)OC[C@@H](N1CCC(O)(c3ccc(F)cc3)CC1)[C@H]2O. The highest BCUT2D eigenvalue weighted by Crippen LogP contribution is 2.40. The first kappa shape index (κ1) is 21.5. The summed E-state index contributed by atoms with van der Waals surface area (Å²) in [5.74, 6) is 0.414. The molecule has 2 atom stereocenters. The number of likely N-dealkylation sites (tertiary alicyclic amines) is 1. The van der Waals surface area contributed by atoms with Gasteiger partial charge in [0.15, 0.2) is 0 Å². The van der Waals surface area contributed by atoms with E-state index in [0.717, 1.165) is 0 Å². The summed E-state index contributed by atoms with van der Waals surface area (Å²) in [5, 5.41) is 22.0. The zero-order chi connectivity index (χ0) is 22.0. The molecule has 0 saturated carbocycles. The molecule has 8 heteroatoms. The molecule has 0 aromatic heterocycles. The maximum Gasteiger partial charge on any atom is 0.513 e. The average Bonchev–Trinajstić information content (AvgIpc) is 2.75. The van der Waals surface area contributed by atoms with E-state index >= 15 is 0 Å². The zero-order valence-corrected chi connectivity index (χ0v) is 17.3. The van der Waals surface area contributed by atoms with Gasteiger partial charge < -0.3 is 24.4 Å². The molecular formula is C23H26FNO6. The summed E-state index contributed by atoms with van der Waals surface area (Å²) in [6.45, 7) is 3.31. The Hall–Kier alpha value is -2.68. The summed E-state index contributed by atoms with van der Waals surface area (Å²) in [4.78, 5) is 13.6. The lowest BCUT2D eigenvalue weighted by atomic mass is 9.83. The second-order valence-electron chi connectivity index (χ2n) is 7.88. The van der Waals surface area contributed by atoms with Crippen LogP contribution < -0.4 is 9.47 Å². The van der Waals surface area contributed by atoms with Crippen molar-refractivity contribution in [2.24, 2.45) is 0 Å². The van der Waals surface area contributed by atoms with Gasteiger partial charge in [-0.15, -0.1) is 0 Å². The average molecular weight is 431 g/mol. The minimum atomic E-state index is -1.01. The van der Waals surface area contributed by atoms with Gasteiger partial charge in [-0.25, -0.2) is 9.18 Å². The van der Waals surface area contributed by atoms with Gasteiger partial charge in [0.05, 0.1) is 18.2 Å². The molecule has 7 nitrogen and oxygen atoms in total. The fourth-order valence-corrected chi connectivity index (χ4v) is 4.24. The van der Waals surface area contributed by atoms with Gasteiger partial charge in [-0.3, -0.25) is 4.90 Å². The van der Waals surface area contributed by atoms with Gasteiger partial charge in [0.2, 0.25) is 0 Å². The summed E-state index contributed by atoms with van der Waals surface area (Å²) in [5.41, 5.74) is 0.308. The van der Waals surface area contributed by atoms with E-state index in [1.807, 2.05) is 0 Å². The molecule has 0 amide bonds. The van der Waals surface area contributed by atoms with Crippen LogP contribution in [-0.2, 0) is 10.3 Å².